The molecule has 0 unspecified atom stereocenters. The van der Waals surface area contributed by atoms with Crippen molar-refractivity contribution in [1.82, 2.24) is 4.57 Å². The molecular weight excluding hydrogens is 490 g/mol. The van der Waals surface area contributed by atoms with E-state index in [9.17, 15) is 0 Å². The molecule has 6 aromatic rings. The molecule has 0 atom stereocenters. The summed E-state index contributed by atoms with van der Waals surface area (Å²) in [6.07, 6.45) is 1.76. The molecule has 4 heteroatoms. The SMILES string of the molecule is [C-]#[N+]c1ccc2c(c1)n(C)c(-c1ccc3ccoc3c1C)[n+]2-c1c(C(C)C)cc(-c2ccccc2)cc1C(C)C. The van der Waals surface area contributed by atoms with Crippen molar-refractivity contribution in [3.63, 3.8) is 0 Å². The van der Waals surface area contributed by atoms with Gasteiger partial charge >= 0.3 is 0 Å². The van der Waals surface area contributed by atoms with Crippen LogP contribution in [0.2, 0.25) is 0 Å². The van der Waals surface area contributed by atoms with E-state index in [1.807, 2.05) is 18.2 Å². The van der Waals surface area contributed by atoms with E-state index in [1.54, 1.807) is 6.26 Å². The van der Waals surface area contributed by atoms with Crippen LogP contribution in [0.3, 0.4) is 0 Å². The molecule has 0 saturated carbocycles. The third kappa shape index (κ3) is 4.01. The Morgan fingerprint density at radius 1 is 0.825 bits per heavy atom. The van der Waals surface area contributed by atoms with E-state index in [1.165, 1.54) is 27.9 Å². The smallest absolute Gasteiger partial charge is 0.295 e. The molecule has 0 spiro atoms. The Kier molecular flexibility index (Phi) is 6.31. The largest absolute Gasteiger partial charge is 0.464 e. The van der Waals surface area contributed by atoms with Gasteiger partial charge in [0.15, 0.2) is 16.7 Å². The van der Waals surface area contributed by atoms with Crippen molar-refractivity contribution in [2.45, 2.75) is 46.5 Å². The molecule has 0 aliphatic carbocycles. The molecule has 4 nitrogen and oxygen atoms in total. The molecule has 40 heavy (non-hydrogen) atoms. The summed E-state index contributed by atoms with van der Waals surface area (Å²) < 4.78 is 10.6. The van der Waals surface area contributed by atoms with E-state index in [0.29, 0.717) is 17.5 Å². The number of imidazole rings is 1. The number of hydrogen-bond donors (Lipinski definition) is 0. The summed E-state index contributed by atoms with van der Waals surface area (Å²) in [6.45, 7) is 18.9. The average Bonchev–Trinajstić information content (AvgIpc) is 3.56. The second-order valence-corrected chi connectivity index (χ2v) is 11.3. The van der Waals surface area contributed by atoms with Crippen LogP contribution in [-0.4, -0.2) is 4.57 Å². The molecule has 6 rings (SSSR count). The second kappa shape index (κ2) is 9.84. The average molecular weight is 525 g/mol. The predicted octanol–water partition coefficient (Wildman–Crippen LogP) is 9.64. The van der Waals surface area contributed by atoms with E-state index in [4.69, 9.17) is 11.0 Å². The standard InChI is InChI=1S/C36H34N3O/c1-22(2)30-19-27(25-11-9-8-10-12-25)20-31(23(3)4)34(30)39-32-16-14-28(37-6)21-33(32)38(7)36(39)29-15-13-26-17-18-40-35(26)24(29)5/h8-23H,1-5,7H3/q+1. The highest BCUT2D eigenvalue weighted by atomic mass is 16.3. The highest BCUT2D eigenvalue weighted by Gasteiger charge is 2.32. The molecular formula is C36H34N3O+. The Balaban J connectivity index is 1.78. The van der Waals surface area contributed by atoms with Gasteiger partial charge in [0.25, 0.3) is 5.82 Å². The second-order valence-electron chi connectivity index (χ2n) is 11.3. The molecule has 0 fully saturated rings. The van der Waals surface area contributed by atoms with Crippen LogP contribution in [0.4, 0.5) is 5.69 Å². The number of aromatic nitrogens is 2. The molecule has 0 saturated heterocycles. The fourth-order valence-corrected chi connectivity index (χ4v) is 5.98. The zero-order valence-electron chi connectivity index (χ0n) is 24.0. The van der Waals surface area contributed by atoms with Gasteiger partial charge in [0.2, 0.25) is 0 Å². The minimum atomic E-state index is 0.294. The summed E-state index contributed by atoms with van der Waals surface area (Å²) in [7, 11) is 2.11. The lowest BCUT2D eigenvalue weighted by Gasteiger charge is -2.21. The summed E-state index contributed by atoms with van der Waals surface area (Å²) >= 11 is 0. The lowest BCUT2D eigenvalue weighted by molar-refractivity contribution is -0.557. The summed E-state index contributed by atoms with van der Waals surface area (Å²) in [6, 6.07) is 27.8. The first-order chi connectivity index (χ1) is 19.3. The summed E-state index contributed by atoms with van der Waals surface area (Å²) in [5.41, 5.74) is 12.2. The summed E-state index contributed by atoms with van der Waals surface area (Å²) in [5.74, 6) is 1.66. The first-order valence-corrected chi connectivity index (χ1v) is 13.9. The van der Waals surface area contributed by atoms with Gasteiger partial charge in [-0.25, -0.2) is 9.41 Å². The van der Waals surface area contributed by atoms with Gasteiger partial charge in [0, 0.05) is 22.1 Å². The Morgan fingerprint density at radius 3 is 2.17 bits per heavy atom. The van der Waals surface area contributed by atoms with Crippen LogP contribution in [0.25, 0.3) is 55.0 Å². The van der Waals surface area contributed by atoms with Crippen LogP contribution in [0.1, 0.15) is 56.2 Å². The van der Waals surface area contributed by atoms with Gasteiger partial charge in [0.1, 0.15) is 11.3 Å². The molecule has 0 amide bonds. The molecule has 4 aromatic carbocycles. The quantitative estimate of drug-likeness (QED) is 0.163. The van der Waals surface area contributed by atoms with Gasteiger partial charge in [-0.1, -0.05) is 70.2 Å². The van der Waals surface area contributed by atoms with E-state index >= 15 is 0 Å². The van der Waals surface area contributed by atoms with Gasteiger partial charge < -0.3 is 4.42 Å². The topological polar surface area (TPSA) is 26.3 Å². The first kappa shape index (κ1) is 25.6. The van der Waals surface area contributed by atoms with Crippen molar-refractivity contribution in [3.05, 3.63) is 113 Å². The number of fused-ring (bicyclic) bond motifs is 2. The number of aryl methyl sites for hydroxylation is 2. The maximum atomic E-state index is 7.67. The van der Waals surface area contributed by atoms with Crippen molar-refractivity contribution in [1.29, 1.82) is 0 Å². The van der Waals surface area contributed by atoms with Gasteiger partial charge in [-0.15, -0.1) is 0 Å². The molecule has 0 bridgehead atoms. The Labute approximate surface area is 235 Å². The zero-order chi connectivity index (χ0) is 28.1. The lowest BCUT2D eigenvalue weighted by Crippen LogP contribution is -2.36. The fraction of sp³-hybridized carbons (Fsp3) is 0.222. The van der Waals surface area contributed by atoms with Crippen LogP contribution >= 0.6 is 0 Å². The summed E-state index contributed by atoms with van der Waals surface area (Å²) in [4.78, 5) is 3.75. The monoisotopic (exact) mass is 524 g/mol. The third-order valence-corrected chi connectivity index (χ3v) is 8.07. The lowest BCUT2D eigenvalue weighted by atomic mass is 9.88. The van der Waals surface area contributed by atoms with E-state index in [0.717, 1.165) is 39.0 Å². The fourth-order valence-electron chi connectivity index (χ4n) is 5.98. The van der Waals surface area contributed by atoms with E-state index < -0.39 is 0 Å². The normalized spacial score (nSPS) is 11.7. The van der Waals surface area contributed by atoms with Crippen molar-refractivity contribution in [2.75, 3.05) is 0 Å². The highest BCUT2D eigenvalue weighted by Crippen LogP contribution is 2.38. The van der Waals surface area contributed by atoms with Gasteiger partial charge in [-0.05, 0) is 66.3 Å². The summed E-state index contributed by atoms with van der Waals surface area (Å²) in [5, 5.41) is 1.10. The molecule has 2 aromatic heterocycles. The Bertz CT molecular complexity index is 1900. The number of nitrogens with zero attached hydrogens (tertiary/aromatic N) is 3. The van der Waals surface area contributed by atoms with Crippen LogP contribution in [-0.2, 0) is 7.05 Å². The number of hydrogen-bond acceptors (Lipinski definition) is 1. The maximum absolute atomic E-state index is 7.67. The Hall–Kier alpha value is -4.62. The maximum Gasteiger partial charge on any atom is 0.295 e. The van der Waals surface area contributed by atoms with Crippen LogP contribution in [0.15, 0.2) is 89.5 Å². The minimum Gasteiger partial charge on any atom is -0.464 e. The van der Waals surface area contributed by atoms with E-state index in [-0.39, 0.29) is 0 Å². The minimum absolute atomic E-state index is 0.294. The molecule has 0 aliphatic heterocycles. The van der Waals surface area contributed by atoms with Crippen LogP contribution in [0.5, 0.6) is 0 Å². The van der Waals surface area contributed by atoms with Gasteiger partial charge in [-0.3, -0.25) is 0 Å². The van der Waals surface area contributed by atoms with E-state index in [2.05, 4.69) is 116 Å². The van der Waals surface area contributed by atoms with Crippen molar-refractivity contribution in [2.24, 2.45) is 7.05 Å². The molecule has 0 aliphatic rings. The first-order valence-electron chi connectivity index (χ1n) is 13.9. The van der Waals surface area contributed by atoms with Crippen LogP contribution < -0.4 is 4.57 Å². The molecule has 2 heterocycles. The third-order valence-electron chi connectivity index (χ3n) is 8.07. The number of furan rings is 1. The van der Waals surface area contributed by atoms with Crippen LogP contribution in [0, 0.1) is 13.5 Å². The Morgan fingerprint density at radius 2 is 1.52 bits per heavy atom. The zero-order valence-corrected chi connectivity index (χ0v) is 24.0. The molecule has 0 radical (unpaired) electrons. The predicted molar refractivity (Wildman–Crippen MR) is 164 cm³/mol. The molecule has 0 N–H and O–H groups in total. The van der Waals surface area contributed by atoms with Crippen molar-refractivity contribution < 1.29 is 8.98 Å². The van der Waals surface area contributed by atoms with Crippen molar-refractivity contribution >= 4 is 27.7 Å². The van der Waals surface area contributed by atoms with Gasteiger partial charge in [-0.2, -0.15) is 4.57 Å². The number of rotatable bonds is 5. The van der Waals surface area contributed by atoms with Crippen molar-refractivity contribution in [3.8, 4) is 28.2 Å². The van der Waals surface area contributed by atoms with Gasteiger partial charge in [0.05, 0.1) is 25.4 Å². The molecule has 198 valence electrons. The highest BCUT2D eigenvalue weighted by molar-refractivity contribution is 5.88. The number of benzene rings is 4.